The van der Waals surface area contributed by atoms with Crippen LogP contribution in [0.4, 0.5) is 0 Å². The van der Waals surface area contributed by atoms with Crippen molar-refractivity contribution in [1.29, 1.82) is 0 Å². The first-order valence-electron chi connectivity index (χ1n) is 8.42. The van der Waals surface area contributed by atoms with Gasteiger partial charge in [0.1, 0.15) is 0 Å². The number of aliphatic imine (C=N–C) groups is 1. The molecule has 130 valence electrons. The Bertz CT molecular complexity index is 354. The topological polar surface area (TPSA) is 48.9 Å². The van der Waals surface area contributed by atoms with Gasteiger partial charge in [-0.25, -0.2) is 0 Å². The molecular weight excluding hydrogens is 391 g/mol. The number of guanidine groups is 1. The van der Waals surface area contributed by atoms with Crippen molar-refractivity contribution in [1.82, 2.24) is 15.5 Å². The Labute approximate surface area is 152 Å². The van der Waals surface area contributed by atoms with Crippen molar-refractivity contribution in [2.24, 2.45) is 4.99 Å². The third kappa shape index (κ3) is 6.20. The number of nitrogens with zero attached hydrogens (tertiary/aromatic N) is 2. The summed E-state index contributed by atoms with van der Waals surface area (Å²) >= 11 is 0. The smallest absolute Gasteiger partial charge is 0.191 e. The molecule has 0 radical (unpaired) electrons. The molecule has 1 saturated heterocycles. The van der Waals surface area contributed by atoms with Gasteiger partial charge in [-0.3, -0.25) is 9.89 Å². The fourth-order valence-electron chi connectivity index (χ4n) is 2.78. The molecule has 1 aliphatic heterocycles. The second kappa shape index (κ2) is 9.27. The van der Waals surface area contributed by atoms with Gasteiger partial charge in [0.15, 0.2) is 5.96 Å². The van der Waals surface area contributed by atoms with Crippen molar-refractivity contribution in [2.75, 3.05) is 33.3 Å². The number of likely N-dealkylation sites (N-methyl/N-ethyl adjacent to an activating group) is 1. The maximum Gasteiger partial charge on any atom is 0.191 e. The van der Waals surface area contributed by atoms with E-state index in [0.29, 0.717) is 6.04 Å². The van der Waals surface area contributed by atoms with Gasteiger partial charge in [0.05, 0.1) is 12.1 Å². The van der Waals surface area contributed by atoms with E-state index in [1.165, 1.54) is 12.8 Å². The van der Waals surface area contributed by atoms with Crippen LogP contribution in [0, 0.1) is 0 Å². The third-order valence-electron chi connectivity index (χ3n) is 4.60. The zero-order chi connectivity index (χ0) is 15.3. The van der Waals surface area contributed by atoms with E-state index >= 15 is 0 Å². The molecule has 1 saturated carbocycles. The van der Waals surface area contributed by atoms with Crippen molar-refractivity contribution in [3.8, 4) is 0 Å². The summed E-state index contributed by atoms with van der Waals surface area (Å²) in [5.74, 6) is 0.908. The zero-order valence-corrected chi connectivity index (χ0v) is 16.9. The molecule has 1 aliphatic carbocycles. The molecule has 0 amide bonds. The average molecular weight is 424 g/mol. The van der Waals surface area contributed by atoms with E-state index in [2.05, 4.69) is 43.4 Å². The fraction of sp³-hybridized carbons (Fsp3) is 0.938. The van der Waals surface area contributed by atoms with E-state index in [-0.39, 0.29) is 29.6 Å². The van der Waals surface area contributed by atoms with Gasteiger partial charge in [-0.05, 0) is 53.5 Å². The highest BCUT2D eigenvalue weighted by atomic mass is 127. The van der Waals surface area contributed by atoms with Crippen molar-refractivity contribution in [3.63, 3.8) is 0 Å². The van der Waals surface area contributed by atoms with Crippen LogP contribution in [-0.4, -0.2) is 61.8 Å². The molecule has 0 aromatic heterocycles. The van der Waals surface area contributed by atoms with Crippen molar-refractivity contribution >= 4 is 29.9 Å². The van der Waals surface area contributed by atoms with Crippen LogP contribution in [0.1, 0.15) is 46.5 Å². The number of rotatable bonds is 7. The highest BCUT2D eigenvalue weighted by Gasteiger charge is 2.30. The maximum atomic E-state index is 5.80. The summed E-state index contributed by atoms with van der Waals surface area (Å²) in [6.07, 6.45) is 4.96. The summed E-state index contributed by atoms with van der Waals surface area (Å²) < 4.78 is 5.80. The second-order valence-corrected chi connectivity index (χ2v) is 6.72. The van der Waals surface area contributed by atoms with E-state index in [4.69, 9.17) is 9.73 Å². The number of hydrogen-bond donors (Lipinski definition) is 2. The average Bonchev–Trinajstić information content (AvgIpc) is 3.23. The number of halogens is 1. The van der Waals surface area contributed by atoms with Crippen LogP contribution in [0.5, 0.6) is 0 Å². The van der Waals surface area contributed by atoms with Crippen molar-refractivity contribution in [3.05, 3.63) is 0 Å². The molecule has 2 aliphatic rings. The van der Waals surface area contributed by atoms with Crippen LogP contribution in [0.3, 0.4) is 0 Å². The number of hydrogen-bond acceptors (Lipinski definition) is 3. The van der Waals surface area contributed by atoms with Gasteiger partial charge in [-0.1, -0.05) is 0 Å². The third-order valence-corrected chi connectivity index (χ3v) is 4.60. The van der Waals surface area contributed by atoms with E-state index in [9.17, 15) is 0 Å². The Morgan fingerprint density at radius 2 is 2.14 bits per heavy atom. The Morgan fingerprint density at radius 3 is 2.68 bits per heavy atom. The molecule has 6 heteroatoms. The highest BCUT2D eigenvalue weighted by Crippen LogP contribution is 2.27. The molecule has 0 aromatic rings. The molecule has 2 fully saturated rings. The monoisotopic (exact) mass is 424 g/mol. The van der Waals surface area contributed by atoms with Crippen LogP contribution in [0.2, 0.25) is 0 Å². The molecule has 1 heterocycles. The lowest BCUT2D eigenvalue weighted by atomic mass is 10.0. The molecule has 2 unspecified atom stereocenters. The second-order valence-electron chi connectivity index (χ2n) is 6.72. The number of nitrogens with one attached hydrogen (secondary N) is 2. The summed E-state index contributed by atoms with van der Waals surface area (Å²) in [4.78, 5) is 7.18. The van der Waals surface area contributed by atoms with Gasteiger partial charge >= 0.3 is 0 Å². The van der Waals surface area contributed by atoms with Crippen LogP contribution in [0.15, 0.2) is 4.99 Å². The first kappa shape index (κ1) is 20.0. The molecule has 0 aromatic carbocycles. The minimum atomic E-state index is -0.0707. The van der Waals surface area contributed by atoms with Crippen LogP contribution in [0.25, 0.3) is 0 Å². The standard InChI is InChI=1S/C16H32N4O.HI/c1-5-17-15(19-12-16(3)9-6-10-21-16)18-11-13(2)20(4)14-7-8-14;/h13-14H,5-12H2,1-4H3,(H2,17,18,19);1H. The summed E-state index contributed by atoms with van der Waals surface area (Å²) in [5.41, 5.74) is -0.0707. The quantitative estimate of drug-likeness (QED) is 0.374. The molecule has 2 N–H and O–H groups in total. The minimum absolute atomic E-state index is 0. The lowest BCUT2D eigenvalue weighted by molar-refractivity contribution is 0.0283. The maximum absolute atomic E-state index is 5.80. The summed E-state index contributed by atoms with van der Waals surface area (Å²) in [5, 5.41) is 6.79. The van der Waals surface area contributed by atoms with Crippen LogP contribution < -0.4 is 10.6 Å². The summed E-state index contributed by atoms with van der Waals surface area (Å²) in [6, 6.07) is 1.33. The predicted molar refractivity (Wildman–Crippen MR) is 103 cm³/mol. The lowest BCUT2D eigenvalue weighted by Gasteiger charge is -2.26. The molecule has 0 bridgehead atoms. The highest BCUT2D eigenvalue weighted by molar-refractivity contribution is 14.0. The largest absolute Gasteiger partial charge is 0.373 e. The molecule has 0 spiro atoms. The first-order chi connectivity index (χ1) is 10.0. The Balaban J connectivity index is 0.00000242. The minimum Gasteiger partial charge on any atom is -0.373 e. The van der Waals surface area contributed by atoms with E-state index in [1.54, 1.807) is 0 Å². The lowest BCUT2D eigenvalue weighted by Crippen LogP contribution is -2.46. The van der Waals surface area contributed by atoms with Gasteiger partial charge < -0.3 is 15.4 Å². The Morgan fingerprint density at radius 1 is 1.41 bits per heavy atom. The van der Waals surface area contributed by atoms with Crippen LogP contribution in [-0.2, 0) is 4.74 Å². The van der Waals surface area contributed by atoms with Gasteiger partial charge in [0.2, 0.25) is 0 Å². The fourth-order valence-corrected chi connectivity index (χ4v) is 2.78. The Hall–Kier alpha value is -0.0800. The van der Waals surface area contributed by atoms with Crippen molar-refractivity contribution in [2.45, 2.75) is 64.1 Å². The van der Waals surface area contributed by atoms with Crippen LogP contribution >= 0.6 is 24.0 Å². The van der Waals surface area contributed by atoms with E-state index < -0.39 is 0 Å². The Kier molecular flexibility index (Phi) is 8.42. The molecule has 2 rings (SSSR count). The van der Waals surface area contributed by atoms with E-state index in [1.807, 2.05) is 0 Å². The first-order valence-corrected chi connectivity index (χ1v) is 8.42. The van der Waals surface area contributed by atoms with Crippen molar-refractivity contribution < 1.29 is 4.74 Å². The molecule has 2 atom stereocenters. The molecular formula is C16H33IN4O. The number of ether oxygens (including phenoxy) is 1. The van der Waals surface area contributed by atoms with E-state index in [0.717, 1.165) is 51.1 Å². The summed E-state index contributed by atoms with van der Waals surface area (Å²) in [6.45, 7) is 9.96. The van der Waals surface area contributed by atoms with Gasteiger partial charge in [0, 0.05) is 31.8 Å². The summed E-state index contributed by atoms with van der Waals surface area (Å²) in [7, 11) is 2.22. The zero-order valence-electron chi connectivity index (χ0n) is 14.5. The normalized spacial score (nSPS) is 26.7. The SMILES string of the molecule is CCNC(=NCC1(C)CCCO1)NCC(C)N(C)C1CC1.I. The van der Waals surface area contributed by atoms with Gasteiger partial charge in [-0.15, -0.1) is 24.0 Å². The van der Waals surface area contributed by atoms with Gasteiger partial charge in [-0.2, -0.15) is 0 Å². The molecule has 5 nitrogen and oxygen atoms in total. The predicted octanol–water partition coefficient (Wildman–Crippen LogP) is 2.21. The molecule has 22 heavy (non-hydrogen) atoms. The van der Waals surface area contributed by atoms with Gasteiger partial charge in [0.25, 0.3) is 0 Å².